The molecule has 78 valence electrons. The maximum atomic E-state index is 5.69. The second-order valence-electron chi connectivity index (χ2n) is 4.40. The Morgan fingerprint density at radius 1 is 1.38 bits per heavy atom. The van der Waals surface area contributed by atoms with Crippen LogP contribution >= 0.6 is 0 Å². The first-order valence-corrected chi connectivity index (χ1v) is 4.96. The zero-order valence-corrected chi connectivity index (χ0v) is 9.17. The zero-order valence-electron chi connectivity index (χ0n) is 9.17. The summed E-state index contributed by atoms with van der Waals surface area (Å²) < 4.78 is 11.2. The normalized spacial score (nSPS) is 27.0. The molecule has 1 unspecified atom stereocenters. The van der Waals surface area contributed by atoms with E-state index >= 15 is 0 Å². The molecular weight excluding hydrogens is 166 g/mol. The maximum Gasteiger partial charge on any atom is 0.163 e. The molecule has 1 heterocycles. The van der Waals surface area contributed by atoms with Crippen LogP contribution in [0, 0.1) is 0 Å². The Labute approximate surface area is 81.0 Å². The molecule has 0 aromatic carbocycles. The third-order valence-electron chi connectivity index (χ3n) is 2.20. The van der Waals surface area contributed by atoms with Crippen molar-refractivity contribution in [3.63, 3.8) is 0 Å². The van der Waals surface area contributed by atoms with Gasteiger partial charge in [-0.3, -0.25) is 0 Å². The fourth-order valence-electron chi connectivity index (χ4n) is 1.54. The van der Waals surface area contributed by atoms with Crippen molar-refractivity contribution in [2.75, 3.05) is 27.2 Å². The summed E-state index contributed by atoms with van der Waals surface area (Å²) in [6, 6.07) is 0. The van der Waals surface area contributed by atoms with Gasteiger partial charge in [0.2, 0.25) is 0 Å². The monoisotopic (exact) mass is 187 g/mol. The highest BCUT2D eigenvalue weighted by molar-refractivity contribution is 4.70. The first kappa shape index (κ1) is 11.0. The van der Waals surface area contributed by atoms with E-state index in [2.05, 4.69) is 19.0 Å². The summed E-state index contributed by atoms with van der Waals surface area (Å²) in [4.78, 5) is 2.20. The highest BCUT2D eigenvalue weighted by atomic mass is 16.7. The second-order valence-corrected chi connectivity index (χ2v) is 4.40. The van der Waals surface area contributed by atoms with Gasteiger partial charge in [-0.05, 0) is 47.3 Å². The van der Waals surface area contributed by atoms with E-state index in [-0.39, 0.29) is 5.79 Å². The molecule has 0 bridgehead atoms. The molecule has 1 saturated heterocycles. The first-order chi connectivity index (χ1) is 5.99. The second kappa shape index (κ2) is 4.40. The fraction of sp³-hybridized carbons (Fsp3) is 1.00. The van der Waals surface area contributed by atoms with E-state index in [9.17, 15) is 0 Å². The lowest BCUT2D eigenvalue weighted by Crippen LogP contribution is -2.22. The van der Waals surface area contributed by atoms with Gasteiger partial charge in [0.1, 0.15) is 0 Å². The fourth-order valence-corrected chi connectivity index (χ4v) is 1.54. The molecule has 0 spiro atoms. The third kappa shape index (κ3) is 4.07. The van der Waals surface area contributed by atoms with E-state index in [1.807, 2.05) is 13.8 Å². The van der Waals surface area contributed by atoms with Crippen molar-refractivity contribution in [1.82, 2.24) is 4.90 Å². The molecule has 0 aromatic heterocycles. The van der Waals surface area contributed by atoms with Crippen molar-refractivity contribution >= 4 is 0 Å². The predicted molar refractivity (Wildman–Crippen MR) is 52.7 cm³/mol. The Morgan fingerprint density at radius 2 is 2.08 bits per heavy atom. The molecule has 1 aliphatic rings. The smallest absolute Gasteiger partial charge is 0.163 e. The molecule has 1 rings (SSSR count). The number of ether oxygens (including phenoxy) is 2. The number of nitrogens with zero attached hydrogens (tertiary/aromatic N) is 1. The van der Waals surface area contributed by atoms with Gasteiger partial charge in [-0.2, -0.15) is 0 Å². The largest absolute Gasteiger partial charge is 0.348 e. The molecule has 0 aromatic rings. The van der Waals surface area contributed by atoms with Crippen LogP contribution in [-0.2, 0) is 9.47 Å². The molecule has 3 nitrogen and oxygen atoms in total. The van der Waals surface area contributed by atoms with Crippen molar-refractivity contribution in [3.05, 3.63) is 0 Å². The Kier molecular flexibility index (Phi) is 3.71. The van der Waals surface area contributed by atoms with Crippen molar-refractivity contribution in [3.8, 4) is 0 Å². The van der Waals surface area contributed by atoms with Crippen molar-refractivity contribution in [1.29, 1.82) is 0 Å². The van der Waals surface area contributed by atoms with Crippen LogP contribution in [0.3, 0.4) is 0 Å². The maximum absolute atomic E-state index is 5.69. The Balaban J connectivity index is 2.11. The van der Waals surface area contributed by atoms with Crippen LogP contribution in [0.5, 0.6) is 0 Å². The third-order valence-corrected chi connectivity index (χ3v) is 2.20. The number of hydrogen-bond donors (Lipinski definition) is 0. The van der Waals surface area contributed by atoms with Gasteiger partial charge >= 0.3 is 0 Å². The molecule has 13 heavy (non-hydrogen) atoms. The highest BCUT2D eigenvalue weighted by Crippen LogP contribution is 2.24. The summed E-state index contributed by atoms with van der Waals surface area (Å²) in [6.45, 7) is 5.82. The molecule has 1 atom stereocenters. The molecule has 0 N–H and O–H groups in total. The summed E-state index contributed by atoms with van der Waals surface area (Å²) in [5, 5.41) is 0. The predicted octanol–water partition coefficient (Wildman–Crippen LogP) is 1.48. The summed E-state index contributed by atoms with van der Waals surface area (Å²) in [7, 11) is 4.19. The van der Waals surface area contributed by atoms with Crippen LogP contribution in [0.2, 0.25) is 0 Å². The zero-order chi connectivity index (χ0) is 9.90. The SMILES string of the molecule is CN(C)CCCC1COC(C)(C)O1. The first-order valence-electron chi connectivity index (χ1n) is 4.96. The summed E-state index contributed by atoms with van der Waals surface area (Å²) in [5.74, 6) is -0.358. The molecule has 0 amide bonds. The molecule has 1 fully saturated rings. The molecule has 0 radical (unpaired) electrons. The van der Waals surface area contributed by atoms with E-state index in [1.54, 1.807) is 0 Å². The van der Waals surface area contributed by atoms with E-state index in [0.717, 1.165) is 19.6 Å². The average Bonchev–Trinajstić information content (AvgIpc) is 2.29. The lowest BCUT2D eigenvalue weighted by atomic mass is 10.2. The molecule has 0 saturated carbocycles. The van der Waals surface area contributed by atoms with Crippen LogP contribution in [0.1, 0.15) is 26.7 Å². The Hall–Kier alpha value is -0.120. The van der Waals surface area contributed by atoms with Crippen LogP contribution < -0.4 is 0 Å². The van der Waals surface area contributed by atoms with Gasteiger partial charge in [0.25, 0.3) is 0 Å². The minimum Gasteiger partial charge on any atom is -0.348 e. The Bertz CT molecular complexity index is 157. The van der Waals surface area contributed by atoms with Crippen molar-refractivity contribution < 1.29 is 9.47 Å². The highest BCUT2D eigenvalue weighted by Gasteiger charge is 2.31. The van der Waals surface area contributed by atoms with Gasteiger partial charge in [0.05, 0.1) is 12.7 Å². The minimum absolute atomic E-state index is 0.301. The van der Waals surface area contributed by atoms with Gasteiger partial charge in [-0.1, -0.05) is 0 Å². The standard InChI is InChI=1S/C10H21NO2/c1-10(2)12-8-9(13-10)6-5-7-11(3)4/h9H,5-8H2,1-4H3. The lowest BCUT2D eigenvalue weighted by molar-refractivity contribution is -0.139. The van der Waals surface area contributed by atoms with Crippen molar-refractivity contribution in [2.45, 2.75) is 38.6 Å². The van der Waals surface area contributed by atoms with E-state index < -0.39 is 0 Å². The molecule has 1 aliphatic heterocycles. The van der Waals surface area contributed by atoms with Crippen LogP contribution in [-0.4, -0.2) is 44.0 Å². The minimum atomic E-state index is -0.358. The topological polar surface area (TPSA) is 21.7 Å². The molecule has 0 aliphatic carbocycles. The van der Waals surface area contributed by atoms with Crippen molar-refractivity contribution in [2.24, 2.45) is 0 Å². The van der Waals surface area contributed by atoms with Gasteiger partial charge in [-0.25, -0.2) is 0 Å². The van der Waals surface area contributed by atoms with Crippen LogP contribution in [0.4, 0.5) is 0 Å². The molecule has 3 heteroatoms. The van der Waals surface area contributed by atoms with Crippen LogP contribution in [0.25, 0.3) is 0 Å². The van der Waals surface area contributed by atoms with Gasteiger partial charge in [-0.15, -0.1) is 0 Å². The van der Waals surface area contributed by atoms with Gasteiger partial charge in [0.15, 0.2) is 5.79 Å². The van der Waals surface area contributed by atoms with Crippen LogP contribution in [0.15, 0.2) is 0 Å². The van der Waals surface area contributed by atoms with E-state index in [0.29, 0.717) is 6.10 Å². The lowest BCUT2D eigenvalue weighted by Gasteiger charge is -2.17. The van der Waals surface area contributed by atoms with Gasteiger partial charge < -0.3 is 14.4 Å². The average molecular weight is 187 g/mol. The molecular formula is C10H21NO2. The Morgan fingerprint density at radius 3 is 2.54 bits per heavy atom. The quantitative estimate of drug-likeness (QED) is 0.665. The van der Waals surface area contributed by atoms with Gasteiger partial charge in [0, 0.05) is 0 Å². The summed E-state index contributed by atoms with van der Waals surface area (Å²) in [5.41, 5.74) is 0. The summed E-state index contributed by atoms with van der Waals surface area (Å²) >= 11 is 0. The van der Waals surface area contributed by atoms with E-state index in [1.165, 1.54) is 6.42 Å². The summed E-state index contributed by atoms with van der Waals surface area (Å²) in [6.07, 6.45) is 2.58. The van der Waals surface area contributed by atoms with E-state index in [4.69, 9.17) is 9.47 Å². The number of hydrogen-bond acceptors (Lipinski definition) is 3. The number of rotatable bonds is 4.